The van der Waals surface area contributed by atoms with E-state index in [-0.39, 0.29) is 5.41 Å². The Bertz CT molecular complexity index is 594. The molecule has 1 aromatic carbocycles. The third-order valence-corrected chi connectivity index (χ3v) is 5.40. The van der Waals surface area contributed by atoms with Crippen LogP contribution in [0, 0.1) is 10.8 Å². The number of unbranched alkanes of at least 4 members (excludes halogenated alkanes) is 2. The molecule has 1 heteroatoms. The van der Waals surface area contributed by atoms with E-state index in [0.29, 0.717) is 5.41 Å². The monoisotopic (exact) mass is 342 g/mol. The zero-order valence-electron chi connectivity index (χ0n) is 17.6. The van der Waals surface area contributed by atoms with Crippen LogP contribution in [0.15, 0.2) is 18.2 Å². The van der Waals surface area contributed by atoms with Crippen LogP contribution in [0.25, 0.3) is 5.57 Å². The number of benzene rings is 1. The first-order valence-corrected chi connectivity index (χ1v) is 10.1. The second kappa shape index (κ2) is 7.98. The van der Waals surface area contributed by atoms with Crippen molar-refractivity contribution in [2.24, 2.45) is 10.8 Å². The molecular weight excluding hydrogens is 304 g/mol. The highest BCUT2D eigenvalue weighted by Crippen LogP contribution is 2.49. The zero-order chi connectivity index (χ0) is 18.7. The maximum atomic E-state index is 5.88. The highest BCUT2D eigenvalue weighted by Gasteiger charge is 2.34. The van der Waals surface area contributed by atoms with Crippen LogP contribution in [0.3, 0.4) is 0 Å². The smallest absolute Gasteiger partial charge is 0.126 e. The summed E-state index contributed by atoms with van der Waals surface area (Å²) in [5, 5.41) is 0. The van der Waals surface area contributed by atoms with Crippen molar-refractivity contribution in [2.45, 2.75) is 86.5 Å². The second-order valence-corrected chi connectivity index (χ2v) is 9.32. The van der Waals surface area contributed by atoms with Crippen LogP contribution in [0.5, 0.6) is 5.75 Å². The summed E-state index contributed by atoms with van der Waals surface area (Å²) in [5.41, 5.74) is 6.31. The lowest BCUT2D eigenvalue weighted by Crippen LogP contribution is -2.27. The standard InChI is InChI=1S/C24H38O/c1-8-10-11-12-18-13-19(9-2)22(21(14-18)25-7)20-15-23(3,4)17-24(5,6)16-20/h13-15H,8-12,16-17H2,1-7H3. The van der Waals surface area contributed by atoms with Gasteiger partial charge in [-0.25, -0.2) is 0 Å². The summed E-state index contributed by atoms with van der Waals surface area (Å²) < 4.78 is 5.88. The molecule has 0 spiro atoms. The summed E-state index contributed by atoms with van der Waals surface area (Å²) in [7, 11) is 1.83. The minimum absolute atomic E-state index is 0.243. The van der Waals surface area contributed by atoms with Crippen LogP contribution >= 0.6 is 0 Å². The first kappa shape index (κ1) is 20.1. The molecule has 0 heterocycles. The molecule has 0 N–H and O–H groups in total. The van der Waals surface area contributed by atoms with Crippen molar-refractivity contribution in [1.82, 2.24) is 0 Å². The number of hydrogen-bond donors (Lipinski definition) is 0. The molecule has 1 aromatic rings. The van der Waals surface area contributed by atoms with E-state index in [1.165, 1.54) is 47.9 Å². The largest absolute Gasteiger partial charge is 0.496 e. The molecule has 0 saturated carbocycles. The molecule has 0 unspecified atom stereocenters. The van der Waals surface area contributed by atoms with Gasteiger partial charge < -0.3 is 4.74 Å². The van der Waals surface area contributed by atoms with Crippen LogP contribution in [-0.2, 0) is 12.8 Å². The summed E-state index contributed by atoms with van der Waals surface area (Å²) in [5.74, 6) is 1.07. The lowest BCUT2D eigenvalue weighted by atomic mass is 9.65. The molecule has 25 heavy (non-hydrogen) atoms. The normalized spacial score (nSPS) is 18.8. The molecule has 0 radical (unpaired) electrons. The Morgan fingerprint density at radius 1 is 1.04 bits per heavy atom. The summed E-state index contributed by atoms with van der Waals surface area (Å²) >= 11 is 0. The maximum absolute atomic E-state index is 5.88. The molecule has 0 aliphatic heterocycles. The fourth-order valence-electron chi connectivity index (χ4n) is 4.81. The van der Waals surface area contributed by atoms with Crippen molar-refractivity contribution >= 4 is 5.57 Å². The summed E-state index contributed by atoms with van der Waals surface area (Å²) in [6, 6.07) is 4.72. The SMILES string of the molecule is CCCCCc1cc(CC)c(C2=CC(C)(C)CC(C)(C)C2)c(OC)c1. The van der Waals surface area contributed by atoms with Crippen LogP contribution in [-0.4, -0.2) is 7.11 Å². The van der Waals surface area contributed by atoms with Gasteiger partial charge in [-0.3, -0.25) is 0 Å². The average Bonchev–Trinajstić information content (AvgIpc) is 2.51. The summed E-state index contributed by atoms with van der Waals surface area (Å²) in [4.78, 5) is 0. The van der Waals surface area contributed by atoms with Crippen molar-refractivity contribution in [3.8, 4) is 5.75 Å². The van der Waals surface area contributed by atoms with Gasteiger partial charge in [0.1, 0.15) is 5.75 Å². The molecular formula is C24H38O. The fraction of sp³-hybridized carbons (Fsp3) is 0.667. The third kappa shape index (κ3) is 5.12. The molecule has 0 fully saturated rings. The van der Waals surface area contributed by atoms with Gasteiger partial charge in [-0.1, -0.05) is 66.5 Å². The van der Waals surface area contributed by atoms with Gasteiger partial charge in [0.05, 0.1) is 7.11 Å². The van der Waals surface area contributed by atoms with Gasteiger partial charge in [-0.2, -0.15) is 0 Å². The van der Waals surface area contributed by atoms with Gasteiger partial charge in [0.25, 0.3) is 0 Å². The molecule has 1 aliphatic carbocycles. The molecule has 0 aromatic heterocycles. The fourth-order valence-corrected chi connectivity index (χ4v) is 4.81. The van der Waals surface area contributed by atoms with E-state index >= 15 is 0 Å². The lowest BCUT2D eigenvalue weighted by molar-refractivity contribution is 0.228. The molecule has 1 aliphatic rings. The van der Waals surface area contributed by atoms with Gasteiger partial charge in [0, 0.05) is 5.56 Å². The Hall–Kier alpha value is -1.24. The summed E-state index contributed by atoms with van der Waals surface area (Å²) in [6.45, 7) is 14.1. The van der Waals surface area contributed by atoms with E-state index in [2.05, 4.69) is 59.8 Å². The van der Waals surface area contributed by atoms with E-state index in [4.69, 9.17) is 4.74 Å². The van der Waals surface area contributed by atoms with Crippen molar-refractivity contribution < 1.29 is 4.74 Å². The summed E-state index contributed by atoms with van der Waals surface area (Å²) in [6.07, 6.45) is 10.9. The predicted molar refractivity (Wildman–Crippen MR) is 110 cm³/mol. The molecule has 1 nitrogen and oxygen atoms in total. The number of aryl methyl sites for hydroxylation is 2. The van der Waals surface area contributed by atoms with Gasteiger partial charge in [0.15, 0.2) is 0 Å². The Morgan fingerprint density at radius 3 is 2.32 bits per heavy atom. The average molecular weight is 343 g/mol. The minimum atomic E-state index is 0.243. The van der Waals surface area contributed by atoms with E-state index in [1.54, 1.807) is 0 Å². The lowest BCUT2D eigenvalue weighted by Gasteiger charge is -2.40. The Kier molecular flexibility index (Phi) is 6.40. The van der Waals surface area contributed by atoms with E-state index in [9.17, 15) is 0 Å². The molecule has 2 rings (SSSR count). The predicted octanol–water partition coefficient (Wildman–Crippen LogP) is 7.22. The Balaban J connectivity index is 2.47. The number of ether oxygens (including phenoxy) is 1. The zero-order valence-corrected chi connectivity index (χ0v) is 17.6. The number of rotatable bonds is 7. The van der Waals surface area contributed by atoms with Gasteiger partial charge >= 0.3 is 0 Å². The van der Waals surface area contributed by atoms with Crippen molar-refractivity contribution in [3.05, 3.63) is 34.9 Å². The van der Waals surface area contributed by atoms with Crippen LogP contribution < -0.4 is 4.74 Å². The number of allylic oxidation sites excluding steroid dienone is 2. The van der Waals surface area contributed by atoms with E-state index < -0.39 is 0 Å². The number of methoxy groups -OCH3 is 1. The van der Waals surface area contributed by atoms with Crippen LogP contribution in [0.2, 0.25) is 0 Å². The van der Waals surface area contributed by atoms with Crippen LogP contribution in [0.1, 0.15) is 90.3 Å². The molecule has 0 saturated heterocycles. The van der Waals surface area contributed by atoms with E-state index in [0.717, 1.165) is 25.0 Å². The molecule has 140 valence electrons. The van der Waals surface area contributed by atoms with E-state index in [1.807, 2.05) is 7.11 Å². The highest BCUT2D eigenvalue weighted by molar-refractivity contribution is 5.75. The first-order chi connectivity index (χ1) is 11.7. The van der Waals surface area contributed by atoms with Gasteiger partial charge in [-0.15, -0.1) is 0 Å². The third-order valence-electron chi connectivity index (χ3n) is 5.40. The Morgan fingerprint density at radius 2 is 1.76 bits per heavy atom. The highest BCUT2D eigenvalue weighted by atomic mass is 16.5. The quantitative estimate of drug-likeness (QED) is 0.475. The topological polar surface area (TPSA) is 9.23 Å². The first-order valence-electron chi connectivity index (χ1n) is 10.1. The molecule has 0 amide bonds. The van der Waals surface area contributed by atoms with Crippen LogP contribution in [0.4, 0.5) is 0 Å². The van der Waals surface area contributed by atoms with Crippen molar-refractivity contribution in [1.29, 1.82) is 0 Å². The molecule has 0 bridgehead atoms. The van der Waals surface area contributed by atoms with Crippen molar-refractivity contribution in [3.63, 3.8) is 0 Å². The Labute approximate surface area is 155 Å². The van der Waals surface area contributed by atoms with Gasteiger partial charge in [0.2, 0.25) is 0 Å². The van der Waals surface area contributed by atoms with Gasteiger partial charge in [-0.05, 0) is 65.7 Å². The second-order valence-electron chi connectivity index (χ2n) is 9.32. The molecule has 0 atom stereocenters. The minimum Gasteiger partial charge on any atom is -0.496 e. The van der Waals surface area contributed by atoms with Crippen molar-refractivity contribution in [2.75, 3.05) is 7.11 Å². The number of hydrogen-bond acceptors (Lipinski definition) is 1. The maximum Gasteiger partial charge on any atom is 0.126 e.